The van der Waals surface area contributed by atoms with E-state index in [-0.39, 0.29) is 47.7 Å². The molecule has 0 aliphatic carbocycles. The van der Waals surface area contributed by atoms with E-state index in [0.29, 0.717) is 6.61 Å². The molecule has 0 bridgehead atoms. The van der Waals surface area contributed by atoms with Crippen molar-refractivity contribution in [1.82, 2.24) is 9.55 Å². The second-order valence-corrected chi connectivity index (χ2v) is 8.64. The number of hydrogen-bond acceptors (Lipinski definition) is 4. The number of ether oxygens (including phenoxy) is 1. The Morgan fingerprint density at radius 1 is 1.15 bits per heavy atom. The van der Waals surface area contributed by atoms with Gasteiger partial charge in [0.2, 0.25) is 0 Å². The molecule has 7 heteroatoms. The van der Waals surface area contributed by atoms with Crippen molar-refractivity contribution in [3.05, 3.63) is 88.5 Å². The van der Waals surface area contributed by atoms with Crippen molar-refractivity contribution in [2.45, 2.75) is 39.0 Å². The number of aryl methyl sites for hydroxylation is 3. The molecule has 3 aromatic carbocycles. The summed E-state index contributed by atoms with van der Waals surface area (Å²) in [6.45, 7) is 4.40. The van der Waals surface area contributed by atoms with E-state index >= 15 is 0 Å². The van der Waals surface area contributed by atoms with Crippen LogP contribution >= 0.6 is 0 Å². The fourth-order valence-corrected chi connectivity index (χ4v) is 4.78. The number of aromatic nitrogens is 2. The summed E-state index contributed by atoms with van der Waals surface area (Å²) in [5.41, 5.74) is 6.95. The summed E-state index contributed by atoms with van der Waals surface area (Å²) in [5.74, 6) is 0.109. The van der Waals surface area contributed by atoms with Crippen LogP contribution in [0.15, 0.2) is 54.6 Å². The molecule has 0 fully saturated rings. The average Bonchev–Trinajstić information content (AvgIpc) is 3.32. The van der Waals surface area contributed by atoms with Crippen LogP contribution in [0.3, 0.4) is 0 Å². The van der Waals surface area contributed by atoms with Crippen molar-refractivity contribution in [2.24, 2.45) is 0 Å². The Balaban J connectivity index is 0.00000274. The number of aliphatic carboxylic acids is 1. The normalized spacial score (nSPS) is 14.5. The third-order valence-corrected chi connectivity index (χ3v) is 6.50. The second-order valence-electron chi connectivity index (χ2n) is 8.64. The maximum atomic E-state index is 13.9. The molecule has 0 saturated carbocycles. The van der Waals surface area contributed by atoms with Gasteiger partial charge in [0.25, 0.3) is 0 Å². The van der Waals surface area contributed by atoms with Crippen molar-refractivity contribution in [3.8, 4) is 11.4 Å². The fraction of sp³-hybridized carbons (Fsp3) is 0.259. The smallest absolute Gasteiger partial charge is 0.550 e. The number of rotatable bonds is 6. The number of carboxylic acids is 1. The molecule has 0 amide bonds. The van der Waals surface area contributed by atoms with Crippen molar-refractivity contribution in [3.63, 3.8) is 0 Å². The van der Waals surface area contributed by atoms with Gasteiger partial charge in [0.1, 0.15) is 17.4 Å². The number of nitrogens with zero attached hydrogens (tertiary/aromatic N) is 2. The van der Waals surface area contributed by atoms with Crippen molar-refractivity contribution < 1.29 is 48.6 Å². The van der Waals surface area contributed by atoms with E-state index in [9.17, 15) is 14.3 Å². The van der Waals surface area contributed by atoms with Gasteiger partial charge >= 0.3 is 29.6 Å². The zero-order chi connectivity index (χ0) is 23.1. The number of hydrogen-bond donors (Lipinski definition) is 0. The number of carbonyl (C=O) groups is 1. The average molecular weight is 466 g/mol. The maximum Gasteiger partial charge on any atom is 1.00 e. The Morgan fingerprint density at radius 2 is 1.97 bits per heavy atom. The molecule has 1 atom stereocenters. The Kier molecular flexibility index (Phi) is 7.12. The SMILES string of the molecule is Cc1c(CCc2ccc3c(c2)OC[C@H]3CC(=O)[O-])cccc1-n1c(C)nc2ccc(F)cc21.[Na+]. The first-order chi connectivity index (χ1) is 15.9. The van der Waals surface area contributed by atoms with Gasteiger partial charge in [0.05, 0.1) is 23.3 Å². The second kappa shape index (κ2) is 9.90. The zero-order valence-corrected chi connectivity index (χ0v) is 21.6. The standard InChI is InChI=1S/C27H25FN2O3.Na/c1-16-19(8-6-18-7-10-22-20(13-27(31)32)15-33-26(22)12-18)4-3-5-24(16)30-17(2)29-23-11-9-21(28)14-25(23)30;/h3-5,7,9-12,14,20H,6,8,13,15H2,1-2H3,(H,31,32);/q;+1/p-1/t20-;/m1./s1. The number of carbonyl (C=O) groups excluding carboxylic acids is 1. The summed E-state index contributed by atoms with van der Waals surface area (Å²) in [6, 6.07) is 16.9. The minimum atomic E-state index is -1.06. The molecule has 2 heterocycles. The minimum absolute atomic E-state index is 0. The molecule has 0 unspecified atom stereocenters. The Bertz CT molecular complexity index is 1380. The summed E-state index contributed by atoms with van der Waals surface area (Å²) in [6.07, 6.45) is 1.63. The number of benzene rings is 3. The first-order valence-electron chi connectivity index (χ1n) is 11.1. The molecule has 1 aliphatic heterocycles. The van der Waals surface area contributed by atoms with Gasteiger partial charge in [-0.25, -0.2) is 9.37 Å². The van der Waals surface area contributed by atoms with Crippen LogP contribution in [0, 0.1) is 19.7 Å². The van der Waals surface area contributed by atoms with Gasteiger partial charge in [0.15, 0.2) is 0 Å². The zero-order valence-electron chi connectivity index (χ0n) is 19.6. The first-order valence-corrected chi connectivity index (χ1v) is 11.1. The fourth-order valence-electron chi connectivity index (χ4n) is 4.78. The van der Waals surface area contributed by atoms with Crippen LogP contribution in [-0.4, -0.2) is 22.1 Å². The van der Waals surface area contributed by atoms with Crippen LogP contribution in [-0.2, 0) is 17.6 Å². The number of fused-ring (bicyclic) bond motifs is 2. The maximum absolute atomic E-state index is 13.9. The van der Waals surface area contributed by atoms with Gasteiger partial charge in [-0.2, -0.15) is 0 Å². The Morgan fingerprint density at radius 3 is 2.76 bits per heavy atom. The van der Waals surface area contributed by atoms with E-state index in [1.165, 1.54) is 17.7 Å². The first kappa shape index (κ1) is 24.5. The van der Waals surface area contributed by atoms with Crippen molar-refractivity contribution in [2.75, 3.05) is 6.61 Å². The van der Waals surface area contributed by atoms with Crippen LogP contribution in [0.4, 0.5) is 4.39 Å². The number of carboxylic acid groups (broad SMARTS) is 1. The van der Waals surface area contributed by atoms with Crippen molar-refractivity contribution in [1.29, 1.82) is 0 Å². The third kappa shape index (κ3) is 4.63. The quantitative estimate of drug-likeness (QED) is 0.401. The van der Waals surface area contributed by atoms with Gasteiger partial charge in [-0.05, 0) is 74.1 Å². The van der Waals surface area contributed by atoms with Crippen LogP contribution in [0.2, 0.25) is 0 Å². The molecule has 0 radical (unpaired) electrons. The molecule has 1 aliphatic rings. The van der Waals surface area contributed by atoms with Crippen LogP contribution < -0.4 is 39.4 Å². The molecule has 0 saturated heterocycles. The molecule has 5 nitrogen and oxygen atoms in total. The molecule has 0 N–H and O–H groups in total. The van der Waals surface area contributed by atoms with E-state index in [2.05, 4.69) is 18.0 Å². The summed E-state index contributed by atoms with van der Waals surface area (Å²) < 4.78 is 21.7. The van der Waals surface area contributed by atoms with E-state index in [1.54, 1.807) is 6.07 Å². The monoisotopic (exact) mass is 466 g/mol. The van der Waals surface area contributed by atoms with Crippen LogP contribution in [0.1, 0.15) is 40.4 Å². The molecule has 5 rings (SSSR count). The van der Waals surface area contributed by atoms with Gasteiger partial charge < -0.3 is 14.6 Å². The third-order valence-electron chi connectivity index (χ3n) is 6.50. The predicted molar refractivity (Wildman–Crippen MR) is 122 cm³/mol. The van der Waals surface area contributed by atoms with E-state index < -0.39 is 5.97 Å². The largest absolute Gasteiger partial charge is 1.00 e. The summed E-state index contributed by atoms with van der Waals surface area (Å²) >= 11 is 0. The summed E-state index contributed by atoms with van der Waals surface area (Å²) in [5, 5.41) is 11.0. The predicted octanol–water partition coefficient (Wildman–Crippen LogP) is 1.19. The summed E-state index contributed by atoms with van der Waals surface area (Å²) in [4.78, 5) is 15.5. The number of imidazole rings is 1. The van der Waals surface area contributed by atoms with Gasteiger partial charge in [-0.1, -0.05) is 24.3 Å². The molecule has 0 spiro atoms. The van der Waals surface area contributed by atoms with Crippen LogP contribution in [0.5, 0.6) is 5.75 Å². The van der Waals surface area contributed by atoms with Crippen molar-refractivity contribution >= 4 is 17.0 Å². The minimum Gasteiger partial charge on any atom is -0.550 e. The van der Waals surface area contributed by atoms with Gasteiger partial charge in [-0.15, -0.1) is 0 Å². The molecule has 4 aromatic rings. The van der Waals surface area contributed by atoms with Crippen LogP contribution in [0.25, 0.3) is 16.7 Å². The van der Waals surface area contributed by atoms with E-state index in [0.717, 1.165) is 57.8 Å². The molecule has 168 valence electrons. The molecule has 34 heavy (non-hydrogen) atoms. The Labute approximate surface area is 219 Å². The molecular formula is C27H24FN2NaO3. The van der Waals surface area contributed by atoms with E-state index in [4.69, 9.17) is 4.74 Å². The molecule has 1 aromatic heterocycles. The summed E-state index contributed by atoms with van der Waals surface area (Å²) in [7, 11) is 0. The Hall–Kier alpha value is -2.67. The van der Waals surface area contributed by atoms with Gasteiger partial charge in [-0.3, -0.25) is 4.57 Å². The topological polar surface area (TPSA) is 67.2 Å². The molecular weight excluding hydrogens is 442 g/mol. The van der Waals surface area contributed by atoms with E-state index in [1.807, 2.05) is 41.8 Å². The van der Waals surface area contributed by atoms with Gasteiger partial charge in [0, 0.05) is 23.5 Å². The number of halogens is 1.